The number of ether oxygens (including phenoxy) is 1. The Kier molecular flexibility index (Phi) is 5.16. The van der Waals surface area contributed by atoms with Crippen LogP contribution in [0.3, 0.4) is 0 Å². The van der Waals surface area contributed by atoms with Gasteiger partial charge in [0.15, 0.2) is 0 Å². The van der Waals surface area contributed by atoms with Crippen LogP contribution in [0.2, 0.25) is 0 Å². The van der Waals surface area contributed by atoms with E-state index in [0.29, 0.717) is 0 Å². The SMILES string of the molecule is COC(=O)C(C(C)C)N(C)Cc1ccccc1. The van der Waals surface area contributed by atoms with Crippen molar-refractivity contribution in [2.24, 2.45) is 5.92 Å². The molecule has 0 aromatic heterocycles. The fraction of sp³-hybridized carbons (Fsp3) is 0.500. The van der Waals surface area contributed by atoms with Gasteiger partial charge in [0.05, 0.1) is 7.11 Å². The van der Waals surface area contributed by atoms with E-state index in [1.807, 2.05) is 44.0 Å². The molecule has 0 fully saturated rings. The molecule has 0 aliphatic rings. The Balaban J connectivity index is 2.72. The van der Waals surface area contributed by atoms with Gasteiger partial charge >= 0.3 is 5.97 Å². The predicted molar refractivity (Wildman–Crippen MR) is 68.6 cm³/mol. The van der Waals surface area contributed by atoms with Crippen molar-refractivity contribution in [3.8, 4) is 0 Å². The quantitative estimate of drug-likeness (QED) is 0.733. The Morgan fingerprint density at radius 2 is 1.88 bits per heavy atom. The molecule has 0 aliphatic heterocycles. The number of likely N-dealkylation sites (N-methyl/N-ethyl adjacent to an activating group) is 1. The zero-order valence-corrected chi connectivity index (χ0v) is 11.0. The molecule has 0 saturated carbocycles. The Labute approximate surface area is 103 Å². The lowest BCUT2D eigenvalue weighted by Gasteiger charge is -2.28. The maximum Gasteiger partial charge on any atom is 0.323 e. The van der Waals surface area contributed by atoms with E-state index in [0.717, 1.165) is 6.54 Å². The summed E-state index contributed by atoms with van der Waals surface area (Å²) < 4.78 is 4.85. The zero-order chi connectivity index (χ0) is 12.8. The average Bonchev–Trinajstić information content (AvgIpc) is 2.29. The number of benzene rings is 1. The van der Waals surface area contributed by atoms with E-state index >= 15 is 0 Å². The van der Waals surface area contributed by atoms with E-state index in [1.165, 1.54) is 12.7 Å². The van der Waals surface area contributed by atoms with Crippen molar-refractivity contribution in [1.82, 2.24) is 4.90 Å². The minimum atomic E-state index is -0.194. The summed E-state index contributed by atoms with van der Waals surface area (Å²) in [5, 5.41) is 0. The van der Waals surface area contributed by atoms with Crippen LogP contribution in [0.25, 0.3) is 0 Å². The van der Waals surface area contributed by atoms with Gasteiger partial charge in [0.1, 0.15) is 6.04 Å². The summed E-state index contributed by atoms with van der Waals surface area (Å²) in [6.07, 6.45) is 0. The highest BCUT2D eigenvalue weighted by Gasteiger charge is 2.27. The smallest absolute Gasteiger partial charge is 0.323 e. The van der Waals surface area contributed by atoms with Gasteiger partial charge in [-0.3, -0.25) is 9.69 Å². The first-order valence-electron chi connectivity index (χ1n) is 5.88. The molecule has 0 spiro atoms. The highest BCUT2D eigenvalue weighted by atomic mass is 16.5. The maximum atomic E-state index is 11.7. The highest BCUT2D eigenvalue weighted by molar-refractivity contribution is 5.75. The van der Waals surface area contributed by atoms with Gasteiger partial charge in [-0.05, 0) is 18.5 Å². The third kappa shape index (κ3) is 3.86. The van der Waals surface area contributed by atoms with Crippen molar-refractivity contribution in [1.29, 1.82) is 0 Å². The number of esters is 1. The first-order valence-corrected chi connectivity index (χ1v) is 5.88. The Hall–Kier alpha value is -1.35. The van der Waals surface area contributed by atoms with Crippen molar-refractivity contribution < 1.29 is 9.53 Å². The van der Waals surface area contributed by atoms with E-state index in [1.54, 1.807) is 0 Å². The molecule has 3 nitrogen and oxygen atoms in total. The summed E-state index contributed by atoms with van der Waals surface area (Å²) in [6.45, 7) is 4.81. The van der Waals surface area contributed by atoms with Crippen molar-refractivity contribution in [3.05, 3.63) is 35.9 Å². The summed E-state index contributed by atoms with van der Waals surface area (Å²) >= 11 is 0. The van der Waals surface area contributed by atoms with Crippen LogP contribution in [0.5, 0.6) is 0 Å². The van der Waals surface area contributed by atoms with Crippen molar-refractivity contribution in [2.75, 3.05) is 14.2 Å². The van der Waals surface area contributed by atoms with Gasteiger partial charge in [-0.15, -0.1) is 0 Å². The Morgan fingerprint density at radius 3 is 2.35 bits per heavy atom. The number of carbonyl (C=O) groups excluding carboxylic acids is 1. The minimum absolute atomic E-state index is 0.168. The fourth-order valence-corrected chi connectivity index (χ4v) is 2.05. The second-order valence-corrected chi connectivity index (χ2v) is 4.61. The number of hydrogen-bond donors (Lipinski definition) is 0. The fourth-order valence-electron chi connectivity index (χ4n) is 2.05. The normalized spacial score (nSPS) is 12.8. The number of nitrogens with zero attached hydrogens (tertiary/aromatic N) is 1. The van der Waals surface area contributed by atoms with Gasteiger partial charge in [0.25, 0.3) is 0 Å². The van der Waals surface area contributed by atoms with Crippen LogP contribution in [0, 0.1) is 5.92 Å². The first kappa shape index (κ1) is 13.7. The van der Waals surface area contributed by atoms with Gasteiger partial charge < -0.3 is 4.74 Å². The lowest BCUT2D eigenvalue weighted by molar-refractivity contribution is -0.148. The van der Waals surface area contributed by atoms with Crippen LogP contribution in [0.1, 0.15) is 19.4 Å². The van der Waals surface area contributed by atoms with Crippen LogP contribution in [-0.2, 0) is 16.1 Å². The molecule has 0 aliphatic carbocycles. The molecule has 1 aromatic carbocycles. The lowest BCUT2D eigenvalue weighted by atomic mass is 10.0. The summed E-state index contributed by atoms with van der Waals surface area (Å²) in [6, 6.07) is 9.93. The van der Waals surface area contributed by atoms with Crippen LogP contribution >= 0.6 is 0 Å². The molecule has 0 amide bonds. The molecule has 0 saturated heterocycles. The Bertz CT molecular complexity index is 348. The number of hydrogen-bond acceptors (Lipinski definition) is 3. The second-order valence-electron chi connectivity index (χ2n) is 4.61. The van der Waals surface area contributed by atoms with Crippen molar-refractivity contribution in [3.63, 3.8) is 0 Å². The largest absolute Gasteiger partial charge is 0.468 e. The lowest BCUT2D eigenvalue weighted by Crippen LogP contribution is -2.42. The highest BCUT2D eigenvalue weighted by Crippen LogP contribution is 2.14. The van der Waals surface area contributed by atoms with E-state index in [-0.39, 0.29) is 17.9 Å². The molecule has 94 valence electrons. The molecule has 0 N–H and O–H groups in total. The van der Waals surface area contributed by atoms with Gasteiger partial charge in [0, 0.05) is 6.54 Å². The van der Waals surface area contributed by atoms with Gasteiger partial charge in [-0.25, -0.2) is 0 Å². The first-order chi connectivity index (χ1) is 8.06. The standard InChI is InChI=1S/C14H21NO2/c1-11(2)13(14(16)17-4)15(3)10-12-8-6-5-7-9-12/h5-9,11,13H,10H2,1-4H3. The third-order valence-corrected chi connectivity index (χ3v) is 2.82. The molecule has 1 aromatic rings. The van der Waals surface area contributed by atoms with Gasteiger partial charge in [0.2, 0.25) is 0 Å². The summed E-state index contributed by atoms with van der Waals surface area (Å²) in [7, 11) is 3.39. The molecule has 1 atom stereocenters. The van der Waals surface area contributed by atoms with Gasteiger partial charge in [-0.1, -0.05) is 44.2 Å². The molecule has 3 heteroatoms. The molecule has 0 bridgehead atoms. The predicted octanol–water partition coefficient (Wildman–Crippen LogP) is 2.32. The monoisotopic (exact) mass is 235 g/mol. The molecule has 0 heterocycles. The van der Waals surface area contributed by atoms with Crippen LogP contribution in [0.4, 0.5) is 0 Å². The number of carbonyl (C=O) groups is 1. The molecule has 17 heavy (non-hydrogen) atoms. The van der Waals surface area contributed by atoms with E-state index < -0.39 is 0 Å². The second kappa shape index (κ2) is 6.40. The third-order valence-electron chi connectivity index (χ3n) is 2.82. The van der Waals surface area contributed by atoms with Crippen LogP contribution in [0.15, 0.2) is 30.3 Å². The Morgan fingerprint density at radius 1 is 1.29 bits per heavy atom. The van der Waals surface area contributed by atoms with E-state index in [2.05, 4.69) is 12.1 Å². The summed E-state index contributed by atoms with van der Waals surface area (Å²) in [5.41, 5.74) is 1.20. The maximum absolute atomic E-state index is 11.7. The minimum Gasteiger partial charge on any atom is -0.468 e. The van der Waals surface area contributed by atoms with Crippen molar-refractivity contribution in [2.45, 2.75) is 26.4 Å². The van der Waals surface area contributed by atoms with Crippen molar-refractivity contribution >= 4 is 5.97 Å². The molecule has 1 unspecified atom stereocenters. The van der Waals surface area contributed by atoms with E-state index in [9.17, 15) is 4.79 Å². The van der Waals surface area contributed by atoms with Crippen LogP contribution < -0.4 is 0 Å². The molecule has 0 radical (unpaired) electrons. The molecular weight excluding hydrogens is 214 g/mol. The van der Waals surface area contributed by atoms with Crippen LogP contribution in [-0.4, -0.2) is 31.1 Å². The van der Waals surface area contributed by atoms with E-state index in [4.69, 9.17) is 4.74 Å². The number of rotatable bonds is 5. The average molecular weight is 235 g/mol. The summed E-state index contributed by atoms with van der Waals surface area (Å²) in [4.78, 5) is 13.8. The topological polar surface area (TPSA) is 29.5 Å². The van der Waals surface area contributed by atoms with Gasteiger partial charge in [-0.2, -0.15) is 0 Å². The number of methoxy groups -OCH3 is 1. The molecule has 1 rings (SSSR count). The summed E-state index contributed by atoms with van der Waals surface area (Å²) in [5.74, 6) is 0.0644. The zero-order valence-electron chi connectivity index (χ0n) is 11.0. The molecular formula is C14H21NO2.